The molecule has 4 rings (SSSR count). The molecule has 3 amide bonds. The van der Waals surface area contributed by atoms with Crippen LogP contribution in [0.15, 0.2) is 67.0 Å². The molecular weight excluding hydrogens is 462 g/mol. The van der Waals surface area contributed by atoms with E-state index in [1.807, 2.05) is 30.3 Å². The molecule has 0 unspecified atom stereocenters. The topological polar surface area (TPSA) is 106 Å². The lowest BCUT2D eigenvalue weighted by molar-refractivity contribution is -0.133. The summed E-state index contributed by atoms with van der Waals surface area (Å²) in [6.07, 6.45) is 3.32. The van der Waals surface area contributed by atoms with Crippen LogP contribution in [0.1, 0.15) is 16.8 Å². The largest absolute Gasteiger partial charge is 0.497 e. The summed E-state index contributed by atoms with van der Waals surface area (Å²) in [5, 5.41) is 6.94. The highest BCUT2D eigenvalue weighted by Crippen LogP contribution is 2.16. The predicted molar refractivity (Wildman–Crippen MR) is 133 cm³/mol. The molecule has 10 nitrogen and oxygen atoms in total. The smallest absolute Gasteiger partial charge is 0.254 e. The van der Waals surface area contributed by atoms with Gasteiger partial charge in [0.05, 0.1) is 32.0 Å². The number of nitrogens with one attached hydrogen (secondary N) is 1. The van der Waals surface area contributed by atoms with Gasteiger partial charge in [-0.05, 0) is 30.3 Å². The van der Waals surface area contributed by atoms with Gasteiger partial charge in [0.2, 0.25) is 11.8 Å². The molecule has 1 aliphatic heterocycles. The summed E-state index contributed by atoms with van der Waals surface area (Å²) >= 11 is 0. The van der Waals surface area contributed by atoms with E-state index in [1.165, 1.54) is 10.9 Å². The van der Waals surface area contributed by atoms with Gasteiger partial charge in [0.25, 0.3) is 5.91 Å². The van der Waals surface area contributed by atoms with Gasteiger partial charge in [-0.15, -0.1) is 0 Å². The Morgan fingerprint density at radius 2 is 1.67 bits per heavy atom. The van der Waals surface area contributed by atoms with Crippen LogP contribution >= 0.6 is 0 Å². The Balaban J connectivity index is 1.20. The van der Waals surface area contributed by atoms with Crippen LogP contribution in [-0.2, 0) is 16.1 Å². The van der Waals surface area contributed by atoms with Crippen molar-refractivity contribution in [1.82, 2.24) is 19.6 Å². The molecule has 36 heavy (non-hydrogen) atoms. The molecular formula is C26H29N5O5. The number of ether oxygens (including phenoxy) is 2. The summed E-state index contributed by atoms with van der Waals surface area (Å²) in [5.74, 6) is 0.962. The van der Waals surface area contributed by atoms with Crippen molar-refractivity contribution in [3.8, 4) is 11.5 Å². The zero-order chi connectivity index (χ0) is 25.3. The average molecular weight is 492 g/mol. The molecule has 0 spiro atoms. The number of hydrogen-bond donors (Lipinski definition) is 1. The fraction of sp³-hybridized carbons (Fsp3) is 0.308. The lowest BCUT2D eigenvalue weighted by Crippen LogP contribution is -2.51. The van der Waals surface area contributed by atoms with E-state index >= 15 is 0 Å². The molecule has 0 radical (unpaired) electrons. The lowest BCUT2D eigenvalue weighted by Gasteiger charge is -2.34. The summed E-state index contributed by atoms with van der Waals surface area (Å²) in [6, 6.07) is 16.3. The minimum Gasteiger partial charge on any atom is -0.497 e. The molecule has 1 saturated heterocycles. The number of amides is 3. The highest BCUT2D eigenvalue weighted by molar-refractivity contribution is 5.95. The van der Waals surface area contributed by atoms with Gasteiger partial charge < -0.3 is 24.6 Å². The normalized spacial score (nSPS) is 13.2. The molecule has 0 aliphatic carbocycles. The highest BCUT2D eigenvalue weighted by Gasteiger charge is 2.25. The van der Waals surface area contributed by atoms with Crippen LogP contribution in [0.3, 0.4) is 0 Å². The van der Waals surface area contributed by atoms with E-state index in [1.54, 1.807) is 47.4 Å². The first-order valence-electron chi connectivity index (χ1n) is 11.7. The lowest BCUT2D eigenvalue weighted by atomic mass is 10.1. The van der Waals surface area contributed by atoms with Crippen molar-refractivity contribution in [1.29, 1.82) is 0 Å². The summed E-state index contributed by atoms with van der Waals surface area (Å²) in [6.45, 7) is 2.10. The standard InChI is InChI=1S/C26H29N5O5/c1-35-23-9-5-6-20(16-23)26(34)30-13-11-29(12-14-30)25(33)19-31-18-21(17-27-31)28-24(32)10-15-36-22-7-3-2-4-8-22/h2-9,16-18H,10-15,19H2,1H3,(H,28,32). The van der Waals surface area contributed by atoms with Crippen molar-refractivity contribution in [3.05, 3.63) is 72.6 Å². The van der Waals surface area contributed by atoms with E-state index in [2.05, 4.69) is 10.4 Å². The van der Waals surface area contributed by atoms with Crippen molar-refractivity contribution < 1.29 is 23.9 Å². The number of rotatable bonds is 9. The van der Waals surface area contributed by atoms with Gasteiger partial charge in [0.1, 0.15) is 18.0 Å². The van der Waals surface area contributed by atoms with Crippen molar-refractivity contribution in [3.63, 3.8) is 0 Å². The van der Waals surface area contributed by atoms with Crippen LogP contribution in [0.4, 0.5) is 5.69 Å². The van der Waals surface area contributed by atoms with Gasteiger partial charge >= 0.3 is 0 Å². The molecule has 10 heteroatoms. The number of benzene rings is 2. The van der Waals surface area contributed by atoms with Gasteiger partial charge in [-0.1, -0.05) is 24.3 Å². The van der Waals surface area contributed by atoms with E-state index < -0.39 is 0 Å². The maximum Gasteiger partial charge on any atom is 0.254 e. The number of hydrogen-bond acceptors (Lipinski definition) is 6. The zero-order valence-corrected chi connectivity index (χ0v) is 20.1. The van der Waals surface area contributed by atoms with E-state index in [9.17, 15) is 14.4 Å². The van der Waals surface area contributed by atoms with Gasteiger partial charge in [0, 0.05) is 37.9 Å². The number of carbonyl (C=O) groups is 3. The molecule has 1 aliphatic rings. The first-order chi connectivity index (χ1) is 17.5. The summed E-state index contributed by atoms with van der Waals surface area (Å²) in [7, 11) is 1.56. The van der Waals surface area contributed by atoms with Crippen molar-refractivity contribution in [2.75, 3.05) is 45.2 Å². The van der Waals surface area contributed by atoms with Crippen LogP contribution in [0.2, 0.25) is 0 Å². The molecule has 1 fully saturated rings. The Labute approximate surface area is 209 Å². The van der Waals surface area contributed by atoms with Gasteiger partial charge in [0.15, 0.2) is 0 Å². The van der Waals surface area contributed by atoms with Gasteiger partial charge in [-0.2, -0.15) is 5.10 Å². The van der Waals surface area contributed by atoms with Crippen LogP contribution in [0, 0.1) is 0 Å². The third-order valence-corrected chi connectivity index (χ3v) is 5.79. The maximum atomic E-state index is 12.8. The van der Waals surface area contributed by atoms with Gasteiger partial charge in [-0.25, -0.2) is 0 Å². The fourth-order valence-electron chi connectivity index (χ4n) is 3.85. The highest BCUT2D eigenvalue weighted by atomic mass is 16.5. The van der Waals surface area contributed by atoms with Crippen molar-refractivity contribution in [2.24, 2.45) is 0 Å². The van der Waals surface area contributed by atoms with E-state index in [4.69, 9.17) is 9.47 Å². The van der Waals surface area contributed by atoms with Crippen LogP contribution in [-0.4, -0.2) is 77.2 Å². The second-order valence-electron chi connectivity index (χ2n) is 8.29. The zero-order valence-electron chi connectivity index (χ0n) is 20.1. The fourth-order valence-corrected chi connectivity index (χ4v) is 3.85. The third kappa shape index (κ3) is 6.62. The quantitative estimate of drug-likeness (QED) is 0.492. The maximum absolute atomic E-state index is 12.8. The molecule has 2 heterocycles. The Kier molecular flexibility index (Phi) is 8.17. The monoisotopic (exact) mass is 491 g/mol. The Morgan fingerprint density at radius 1 is 0.944 bits per heavy atom. The molecule has 1 aromatic heterocycles. The number of piperazine rings is 1. The summed E-state index contributed by atoms with van der Waals surface area (Å²) in [5.41, 5.74) is 1.08. The Bertz CT molecular complexity index is 1190. The molecule has 0 atom stereocenters. The molecule has 3 aromatic rings. The summed E-state index contributed by atoms with van der Waals surface area (Å²) < 4.78 is 12.2. The summed E-state index contributed by atoms with van der Waals surface area (Å²) in [4.78, 5) is 41.1. The van der Waals surface area contributed by atoms with E-state index in [0.29, 0.717) is 48.9 Å². The number of nitrogens with zero attached hydrogens (tertiary/aromatic N) is 4. The molecule has 1 N–H and O–H groups in total. The number of aromatic nitrogens is 2. The minimum atomic E-state index is -0.200. The Morgan fingerprint density at radius 3 is 2.42 bits per heavy atom. The first kappa shape index (κ1) is 24.8. The third-order valence-electron chi connectivity index (χ3n) is 5.79. The van der Waals surface area contributed by atoms with Crippen molar-refractivity contribution in [2.45, 2.75) is 13.0 Å². The Hall–Kier alpha value is -4.34. The second kappa shape index (κ2) is 11.9. The van der Waals surface area contributed by atoms with Crippen LogP contribution < -0.4 is 14.8 Å². The van der Waals surface area contributed by atoms with E-state index in [-0.39, 0.29) is 37.3 Å². The molecule has 2 aromatic carbocycles. The average Bonchev–Trinajstić information content (AvgIpc) is 3.35. The van der Waals surface area contributed by atoms with E-state index in [0.717, 1.165) is 0 Å². The number of methoxy groups -OCH3 is 1. The minimum absolute atomic E-state index is 0.0524. The molecule has 0 bridgehead atoms. The second-order valence-corrected chi connectivity index (χ2v) is 8.29. The van der Waals surface area contributed by atoms with Crippen LogP contribution in [0.5, 0.6) is 11.5 Å². The predicted octanol–water partition coefficient (Wildman–Crippen LogP) is 2.28. The van der Waals surface area contributed by atoms with Crippen LogP contribution in [0.25, 0.3) is 0 Å². The SMILES string of the molecule is COc1cccc(C(=O)N2CCN(C(=O)Cn3cc(NC(=O)CCOc4ccccc4)cn3)CC2)c1. The first-order valence-corrected chi connectivity index (χ1v) is 11.7. The van der Waals surface area contributed by atoms with Gasteiger partial charge in [-0.3, -0.25) is 19.1 Å². The number of anilines is 1. The molecule has 188 valence electrons. The number of para-hydroxylation sites is 1. The van der Waals surface area contributed by atoms with Crippen molar-refractivity contribution >= 4 is 23.4 Å². The molecule has 0 saturated carbocycles. The number of carbonyl (C=O) groups excluding carboxylic acids is 3.